The highest BCUT2D eigenvalue weighted by molar-refractivity contribution is 5.51. The van der Waals surface area contributed by atoms with Crippen LogP contribution in [0.25, 0.3) is 0 Å². The molecule has 0 radical (unpaired) electrons. The monoisotopic (exact) mass is 170 g/mol. The average molecular weight is 170 g/mol. The van der Waals surface area contributed by atoms with E-state index in [2.05, 4.69) is 17.1 Å². The van der Waals surface area contributed by atoms with Crippen molar-refractivity contribution in [3.05, 3.63) is 0 Å². The van der Waals surface area contributed by atoms with Crippen molar-refractivity contribution in [2.75, 3.05) is 26.2 Å². The van der Waals surface area contributed by atoms with Crippen molar-refractivity contribution in [1.82, 2.24) is 10.2 Å². The number of hydrogen-bond donors (Lipinski definition) is 1. The lowest BCUT2D eigenvalue weighted by atomic mass is 10.1. The minimum Gasteiger partial charge on any atom is -0.314 e. The molecule has 0 aromatic rings. The maximum atomic E-state index is 10.2. The van der Waals surface area contributed by atoms with Gasteiger partial charge in [-0.2, -0.15) is 0 Å². The minimum atomic E-state index is 0.610. The van der Waals surface area contributed by atoms with Gasteiger partial charge in [-0.25, -0.2) is 0 Å². The highest BCUT2D eigenvalue weighted by Crippen LogP contribution is 2.08. The topological polar surface area (TPSA) is 32.3 Å². The Morgan fingerprint density at radius 2 is 2.17 bits per heavy atom. The van der Waals surface area contributed by atoms with Crippen molar-refractivity contribution >= 4 is 6.29 Å². The van der Waals surface area contributed by atoms with Gasteiger partial charge in [0, 0.05) is 19.1 Å². The van der Waals surface area contributed by atoms with Crippen molar-refractivity contribution in [2.24, 2.45) is 0 Å². The van der Waals surface area contributed by atoms with Crippen molar-refractivity contribution in [3.63, 3.8) is 0 Å². The molecule has 0 aromatic carbocycles. The van der Waals surface area contributed by atoms with Crippen LogP contribution in [0.5, 0.6) is 0 Å². The van der Waals surface area contributed by atoms with Gasteiger partial charge < -0.3 is 10.1 Å². The first kappa shape index (κ1) is 9.68. The Morgan fingerprint density at radius 3 is 2.67 bits per heavy atom. The van der Waals surface area contributed by atoms with Crippen LogP contribution in [0.1, 0.15) is 19.8 Å². The first-order chi connectivity index (χ1) is 5.86. The van der Waals surface area contributed by atoms with Crippen molar-refractivity contribution in [2.45, 2.75) is 25.8 Å². The summed E-state index contributed by atoms with van der Waals surface area (Å²) in [5.74, 6) is 0. The molecule has 1 N–H and O–H groups in total. The molecule has 1 rings (SSSR count). The van der Waals surface area contributed by atoms with Gasteiger partial charge in [0.15, 0.2) is 0 Å². The second-order valence-corrected chi connectivity index (χ2v) is 3.30. The first-order valence-corrected chi connectivity index (χ1v) is 4.76. The van der Waals surface area contributed by atoms with Gasteiger partial charge in [-0.15, -0.1) is 0 Å². The van der Waals surface area contributed by atoms with Gasteiger partial charge in [0.05, 0.1) is 6.54 Å². The molecule has 0 bridgehead atoms. The molecule has 70 valence electrons. The third-order valence-corrected chi connectivity index (χ3v) is 2.41. The second-order valence-electron chi connectivity index (χ2n) is 3.30. The Labute approximate surface area is 74.1 Å². The zero-order valence-electron chi connectivity index (χ0n) is 7.75. The number of piperidine rings is 1. The van der Waals surface area contributed by atoms with E-state index in [1.807, 2.05) is 0 Å². The molecule has 3 nitrogen and oxygen atoms in total. The Hall–Kier alpha value is -0.410. The van der Waals surface area contributed by atoms with Gasteiger partial charge in [0.2, 0.25) is 0 Å². The van der Waals surface area contributed by atoms with E-state index in [0.717, 1.165) is 25.9 Å². The number of hydrogen-bond acceptors (Lipinski definition) is 3. The van der Waals surface area contributed by atoms with Crippen LogP contribution in [0.3, 0.4) is 0 Å². The molecule has 12 heavy (non-hydrogen) atoms. The lowest BCUT2D eigenvalue weighted by Gasteiger charge is -2.30. The largest absolute Gasteiger partial charge is 0.314 e. The van der Waals surface area contributed by atoms with Crippen molar-refractivity contribution in [3.8, 4) is 0 Å². The van der Waals surface area contributed by atoms with Crippen LogP contribution in [0, 0.1) is 0 Å². The van der Waals surface area contributed by atoms with E-state index in [0.29, 0.717) is 12.6 Å². The van der Waals surface area contributed by atoms with Gasteiger partial charge in [-0.1, -0.05) is 6.92 Å². The van der Waals surface area contributed by atoms with Crippen LogP contribution in [0.2, 0.25) is 0 Å². The zero-order valence-corrected chi connectivity index (χ0v) is 7.75. The molecule has 0 aliphatic carbocycles. The molecule has 0 aromatic heterocycles. The van der Waals surface area contributed by atoms with E-state index in [1.165, 1.54) is 12.8 Å². The van der Waals surface area contributed by atoms with Gasteiger partial charge in [-0.05, 0) is 19.4 Å². The smallest absolute Gasteiger partial charge is 0.133 e. The standard InChI is InChI=1S/C9H18N2O/c1-2-10-9-3-5-11(6-4-9)7-8-12/h8-10H,2-7H2,1H3. The quantitative estimate of drug-likeness (QED) is 0.614. The van der Waals surface area contributed by atoms with Crippen LogP contribution >= 0.6 is 0 Å². The lowest BCUT2D eigenvalue weighted by Crippen LogP contribution is -2.42. The van der Waals surface area contributed by atoms with E-state index in [1.54, 1.807) is 0 Å². The molecule has 0 amide bonds. The highest BCUT2D eigenvalue weighted by atomic mass is 16.1. The van der Waals surface area contributed by atoms with Gasteiger partial charge in [0.25, 0.3) is 0 Å². The lowest BCUT2D eigenvalue weighted by molar-refractivity contribution is -0.109. The van der Waals surface area contributed by atoms with E-state index in [-0.39, 0.29) is 0 Å². The zero-order chi connectivity index (χ0) is 8.81. The third-order valence-electron chi connectivity index (χ3n) is 2.41. The summed E-state index contributed by atoms with van der Waals surface area (Å²) in [6.45, 7) is 5.93. The van der Waals surface area contributed by atoms with E-state index in [4.69, 9.17) is 0 Å². The molecule has 0 saturated carbocycles. The number of nitrogens with one attached hydrogen (secondary N) is 1. The van der Waals surface area contributed by atoms with E-state index < -0.39 is 0 Å². The molecule has 0 unspecified atom stereocenters. The summed E-state index contributed by atoms with van der Waals surface area (Å²) in [7, 11) is 0. The van der Waals surface area contributed by atoms with Crippen LogP contribution < -0.4 is 5.32 Å². The fraction of sp³-hybridized carbons (Fsp3) is 0.889. The second kappa shape index (κ2) is 5.27. The molecule has 1 fully saturated rings. The molecular formula is C9H18N2O. The Balaban J connectivity index is 2.15. The van der Waals surface area contributed by atoms with Crippen LogP contribution in [0.4, 0.5) is 0 Å². The molecule has 1 aliphatic heterocycles. The summed E-state index contributed by atoms with van der Waals surface area (Å²) in [6.07, 6.45) is 3.36. The van der Waals surface area contributed by atoms with Crippen LogP contribution in [0.15, 0.2) is 0 Å². The molecular weight excluding hydrogens is 152 g/mol. The Kier molecular flexibility index (Phi) is 4.25. The van der Waals surface area contributed by atoms with Crippen LogP contribution in [-0.4, -0.2) is 43.4 Å². The van der Waals surface area contributed by atoms with E-state index >= 15 is 0 Å². The summed E-state index contributed by atoms with van der Waals surface area (Å²) in [5, 5.41) is 3.43. The minimum absolute atomic E-state index is 0.610. The summed E-state index contributed by atoms with van der Waals surface area (Å²) >= 11 is 0. The first-order valence-electron chi connectivity index (χ1n) is 4.76. The predicted molar refractivity (Wildman–Crippen MR) is 49.2 cm³/mol. The maximum Gasteiger partial charge on any atom is 0.133 e. The van der Waals surface area contributed by atoms with Gasteiger partial charge in [-0.3, -0.25) is 4.90 Å². The average Bonchev–Trinajstić information content (AvgIpc) is 2.09. The molecule has 1 heterocycles. The molecule has 1 aliphatic rings. The Bertz CT molecular complexity index is 130. The van der Waals surface area contributed by atoms with Crippen molar-refractivity contribution in [1.29, 1.82) is 0 Å². The number of aldehydes is 1. The predicted octanol–water partition coefficient (Wildman–Crippen LogP) is 0.259. The molecule has 3 heteroatoms. The fourth-order valence-electron chi connectivity index (χ4n) is 1.71. The number of rotatable bonds is 4. The third kappa shape index (κ3) is 2.91. The SMILES string of the molecule is CCNC1CCN(CC=O)CC1. The maximum absolute atomic E-state index is 10.2. The van der Waals surface area contributed by atoms with Crippen LogP contribution in [-0.2, 0) is 4.79 Å². The summed E-state index contributed by atoms with van der Waals surface area (Å²) in [6, 6.07) is 0.679. The highest BCUT2D eigenvalue weighted by Gasteiger charge is 2.16. The Morgan fingerprint density at radius 1 is 1.50 bits per heavy atom. The molecule has 0 atom stereocenters. The normalized spacial score (nSPS) is 21.1. The molecule has 0 spiro atoms. The summed E-state index contributed by atoms with van der Waals surface area (Å²) in [5.41, 5.74) is 0. The fourth-order valence-corrected chi connectivity index (χ4v) is 1.71. The summed E-state index contributed by atoms with van der Waals surface area (Å²) < 4.78 is 0. The van der Waals surface area contributed by atoms with E-state index in [9.17, 15) is 4.79 Å². The van der Waals surface area contributed by atoms with Gasteiger partial charge in [0.1, 0.15) is 6.29 Å². The number of carbonyl (C=O) groups excluding carboxylic acids is 1. The number of likely N-dealkylation sites (tertiary alicyclic amines) is 1. The number of nitrogens with zero attached hydrogens (tertiary/aromatic N) is 1. The van der Waals surface area contributed by atoms with Gasteiger partial charge >= 0.3 is 0 Å². The molecule has 1 saturated heterocycles. The number of carbonyl (C=O) groups is 1. The summed E-state index contributed by atoms with van der Waals surface area (Å²) in [4.78, 5) is 12.4. The van der Waals surface area contributed by atoms with Crippen molar-refractivity contribution < 1.29 is 4.79 Å².